The largest absolute Gasteiger partial charge is 0.435 e. The molecule has 3 heteroatoms. The van der Waals surface area contributed by atoms with Crippen molar-refractivity contribution < 1.29 is 4.42 Å². The molecule has 11 aromatic rings. The molecule has 0 N–H and O–H groups in total. The second-order valence-electron chi connectivity index (χ2n) is 15.3. The van der Waals surface area contributed by atoms with E-state index in [-0.39, 0.29) is 0 Å². The predicted molar refractivity (Wildman–Crippen MR) is 238 cm³/mol. The van der Waals surface area contributed by atoms with Crippen molar-refractivity contribution in [3.05, 3.63) is 229 Å². The molecule has 0 bridgehead atoms. The Hall–Kier alpha value is -7.62. The Kier molecular flexibility index (Phi) is 7.14. The molecule has 2 heterocycles. The standard InChI is InChI=1S/C55H34N2O/c1-3-15-43(16-4-1)55(44-17-5-2-6-18-44)48-20-9-8-19-45(48)46-28-26-40(33-49(46)55)38-14-11-13-37(30-38)39-25-23-35-22-24-36-27-29-51-53(52(36)47(35)32-39)58-54(57-51)42-31-41-12-7-10-21-50(41)56-34-42/h1-34H. The van der Waals surface area contributed by atoms with Gasteiger partial charge in [0.2, 0.25) is 5.89 Å². The summed E-state index contributed by atoms with van der Waals surface area (Å²) in [5, 5.41) is 5.53. The highest BCUT2D eigenvalue weighted by Gasteiger charge is 2.46. The maximum absolute atomic E-state index is 6.64. The van der Waals surface area contributed by atoms with E-state index in [0.29, 0.717) is 5.89 Å². The summed E-state index contributed by atoms with van der Waals surface area (Å²) in [6.07, 6.45) is 1.85. The molecular formula is C55H34N2O. The number of rotatable bonds is 5. The summed E-state index contributed by atoms with van der Waals surface area (Å²) >= 11 is 0. The fourth-order valence-corrected chi connectivity index (χ4v) is 9.51. The molecule has 0 saturated carbocycles. The Bertz CT molecular complexity index is 3360. The molecule has 270 valence electrons. The van der Waals surface area contributed by atoms with E-state index >= 15 is 0 Å². The Morgan fingerprint density at radius 1 is 0.397 bits per heavy atom. The molecule has 3 nitrogen and oxygen atoms in total. The second-order valence-corrected chi connectivity index (χ2v) is 15.3. The highest BCUT2D eigenvalue weighted by Crippen LogP contribution is 2.56. The van der Waals surface area contributed by atoms with Gasteiger partial charge in [-0.15, -0.1) is 0 Å². The fraction of sp³-hybridized carbons (Fsp3) is 0.0182. The first-order chi connectivity index (χ1) is 28.7. The molecular weight excluding hydrogens is 705 g/mol. The number of hydrogen-bond acceptors (Lipinski definition) is 3. The Balaban J connectivity index is 0.995. The summed E-state index contributed by atoms with van der Waals surface area (Å²) in [7, 11) is 0. The molecule has 0 fully saturated rings. The van der Waals surface area contributed by atoms with Gasteiger partial charge in [0.05, 0.1) is 16.5 Å². The van der Waals surface area contributed by atoms with Crippen LogP contribution in [0, 0.1) is 0 Å². The van der Waals surface area contributed by atoms with E-state index in [9.17, 15) is 0 Å². The first kappa shape index (κ1) is 32.6. The van der Waals surface area contributed by atoms with Crippen LogP contribution in [0.5, 0.6) is 0 Å². The van der Waals surface area contributed by atoms with Crippen LogP contribution in [-0.2, 0) is 5.41 Å². The third-order valence-corrected chi connectivity index (χ3v) is 12.2. The van der Waals surface area contributed by atoms with Gasteiger partial charge in [0.1, 0.15) is 5.52 Å². The van der Waals surface area contributed by atoms with Crippen LogP contribution in [0.15, 0.2) is 211 Å². The van der Waals surface area contributed by atoms with Gasteiger partial charge >= 0.3 is 0 Å². The molecule has 0 amide bonds. The lowest BCUT2D eigenvalue weighted by Crippen LogP contribution is -2.28. The summed E-state index contributed by atoms with van der Waals surface area (Å²) in [6, 6.07) is 72.5. The Labute approximate surface area is 335 Å². The smallest absolute Gasteiger partial charge is 0.228 e. The molecule has 0 atom stereocenters. The number of aromatic nitrogens is 2. The van der Waals surface area contributed by atoms with Crippen LogP contribution in [0.4, 0.5) is 0 Å². The number of oxazole rings is 1. The minimum absolute atomic E-state index is 0.446. The van der Waals surface area contributed by atoms with Gasteiger partial charge in [-0.1, -0.05) is 164 Å². The quantitative estimate of drug-likeness (QED) is 0.165. The monoisotopic (exact) mass is 738 g/mol. The fourth-order valence-electron chi connectivity index (χ4n) is 9.51. The summed E-state index contributed by atoms with van der Waals surface area (Å²) in [4.78, 5) is 9.63. The molecule has 12 rings (SSSR count). The van der Waals surface area contributed by atoms with E-state index in [1.165, 1.54) is 44.5 Å². The zero-order chi connectivity index (χ0) is 38.2. The summed E-state index contributed by atoms with van der Waals surface area (Å²) in [5.74, 6) is 0.572. The van der Waals surface area contributed by atoms with E-state index < -0.39 is 5.41 Å². The molecule has 58 heavy (non-hydrogen) atoms. The maximum Gasteiger partial charge on any atom is 0.228 e. The molecule has 0 spiro atoms. The highest BCUT2D eigenvalue weighted by atomic mass is 16.3. The lowest BCUT2D eigenvalue weighted by Gasteiger charge is -2.34. The molecule has 0 saturated heterocycles. The molecule has 0 radical (unpaired) electrons. The second kappa shape index (κ2) is 12.7. The summed E-state index contributed by atoms with van der Waals surface area (Å²) in [6.45, 7) is 0. The number of nitrogens with zero attached hydrogens (tertiary/aromatic N) is 2. The van der Waals surface area contributed by atoms with Gasteiger partial charge in [-0.2, -0.15) is 0 Å². The molecule has 2 aromatic heterocycles. The topological polar surface area (TPSA) is 38.9 Å². The van der Waals surface area contributed by atoms with Crippen LogP contribution in [0.2, 0.25) is 0 Å². The van der Waals surface area contributed by atoms with E-state index in [2.05, 4.69) is 187 Å². The molecule has 9 aromatic carbocycles. The van der Waals surface area contributed by atoms with Crippen LogP contribution in [0.25, 0.3) is 88.4 Å². The minimum atomic E-state index is -0.446. The molecule has 1 aliphatic carbocycles. The van der Waals surface area contributed by atoms with E-state index in [1.807, 2.05) is 24.4 Å². The number of benzene rings is 9. The number of para-hydroxylation sites is 1. The van der Waals surface area contributed by atoms with Crippen molar-refractivity contribution in [2.45, 2.75) is 5.41 Å². The van der Waals surface area contributed by atoms with Crippen LogP contribution in [0.1, 0.15) is 22.3 Å². The first-order valence-corrected chi connectivity index (χ1v) is 19.8. The summed E-state index contributed by atoms with van der Waals surface area (Å²) < 4.78 is 6.64. The lowest BCUT2D eigenvalue weighted by molar-refractivity contribution is 0.623. The van der Waals surface area contributed by atoms with Crippen molar-refractivity contribution in [2.75, 3.05) is 0 Å². The van der Waals surface area contributed by atoms with Gasteiger partial charge in [0, 0.05) is 17.0 Å². The minimum Gasteiger partial charge on any atom is -0.435 e. The predicted octanol–water partition coefficient (Wildman–Crippen LogP) is 14.0. The van der Waals surface area contributed by atoms with Crippen LogP contribution in [0.3, 0.4) is 0 Å². The SMILES string of the molecule is c1ccc(C2(c3ccccc3)c3ccccc3-c3ccc(-c4cccc(-c5ccc6ccc7ccc8nc(-c9cnc%10ccccc%10c9)oc8c7c6c5)c4)cc32)cc1. The van der Waals surface area contributed by atoms with Gasteiger partial charge in [0.15, 0.2) is 5.58 Å². The number of fused-ring (bicyclic) bond motifs is 9. The van der Waals surface area contributed by atoms with Gasteiger partial charge in [-0.05, 0) is 108 Å². The molecule has 0 aliphatic heterocycles. The first-order valence-electron chi connectivity index (χ1n) is 19.8. The zero-order valence-electron chi connectivity index (χ0n) is 31.4. The van der Waals surface area contributed by atoms with Crippen molar-refractivity contribution in [3.8, 4) is 44.8 Å². The van der Waals surface area contributed by atoms with Gasteiger partial charge in [-0.3, -0.25) is 4.98 Å². The third-order valence-electron chi connectivity index (χ3n) is 12.2. The Morgan fingerprint density at radius 3 is 1.86 bits per heavy atom. The van der Waals surface area contributed by atoms with Crippen molar-refractivity contribution >= 4 is 43.5 Å². The van der Waals surface area contributed by atoms with Crippen molar-refractivity contribution in [3.63, 3.8) is 0 Å². The lowest BCUT2D eigenvalue weighted by atomic mass is 9.67. The number of hydrogen-bond donors (Lipinski definition) is 0. The van der Waals surface area contributed by atoms with Crippen LogP contribution < -0.4 is 0 Å². The normalized spacial score (nSPS) is 13.0. The average Bonchev–Trinajstić information content (AvgIpc) is 3.87. The van der Waals surface area contributed by atoms with Gasteiger partial charge < -0.3 is 4.42 Å². The van der Waals surface area contributed by atoms with Gasteiger partial charge in [0.25, 0.3) is 0 Å². The average molecular weight is 739 g/mol. The van der Waals surface area contributed by atoms with Crippen molar-refractivity contribution in [1.29, 1.82) is 0 Å². The van der Waals surface area contributed by atoms with E-state index in [1.54, 1.807) is 0 Å². The third kappa shape index (κ3) is 4.87. The van der Waals surface area contributed by atoms with E-state index in [4.69, 9.17) is 9.40 Å². The van der Waals surface area contributed by atoms with E-state index in [0.717, 1.165) is 60.2 Å². The highest BCUT2D eigenvalue weighted by molar-refractivity contribution is 6.18. The van der Waals surface area contributed by atoms with Crippen LogP contribution in [-0.4, -0.2) is 9.97 Å². The molecule has 1 aliphatic rings. The Morgan fingerprint density at radius 2 is 1.03 bits per heavy atom. The van der Waals surface area contributed by atoms with Crippen molar-refractivity contribution in [1.82, 2.24) is 9.97 Å². The summed E-state index contributed by atoms with van der Waals surface area (Å²) in [5.41, 5.74) is 15.4. The number of pyridine rings is 1. The maximum atomic E-state index is 6.64. The zero-order valence-corrected chi connectivity index (χ0v) is 31.4. The van der Waals surface area contributed by atoms with Gasteiger partial charge in [-0.25, -0.2) is 4.98 Å². The van der Waals surface area contributed by atoms with Crippen LogP contribution >= 0.6 is 0 Å². The van der Waals surface area contributed by atoms with Crippen molar-refractivity contribution in [2.24, 2.45) is 0 Å². The molecule has 0 unspecified atom stereocenters.